The molecule has 2 unspecified atom stereocenters. The number of carbonyl (C=O) groups excluding carboxylic acids is 1. The van der Waals surface area contributed by atoms with Crippen molar-refractivity contribution in [3.8, 4) is 0 Å². The van der Waals surface area contributed by atoms with Gasteiger partial charge in [0, 0.05) is 12.8 Å². The number of ketones is 1. The van der Waals surface area contributed by atoms with Gasteiger partial charge in [-0.25, -0.2) is 0 Å². The lowest BCUT2D eigenvalue weighted by Gasteiger charge is -2.06. The van der Waals surface area contributed by atoms with Gasteiger partial charge in [-0.15, -0.1) is 0 Å². The van der Waals surface area contributed by atoms with Gasteiger partial charge in [0.1, 0.15) is 5.78 Å². The summed E-state index contributed by atoms with van der Waals surface area (Å²) in [6.07, 6.45) is 6.11. The van der Waals surface area contributed by atoms with Crippen LogP contribution in [0.3, 0.4) is 0 Å². The highest BCUT2D eigenvalue weighted by atomic mass is 16.1. The molecule has 0 amide bonds. The molecule has 3 rings (SSSR count). The maximum Gasteiger partial charge on any atom is 0.133 e. The molecule has 3 aliphatic rings. The van der Waals surface area contributed by atoms with Crippen molar-refractivity contribution in [3.63, 3.8) is 0 Å². The molecule has 0 aromatic heterocycles. The minimum Gasteiger partial charge on any atom is -0.300 e. The van der Waals surface area contributed by atoms with Crippen LogP contribution in [0.15, 0.2) is 0 Å². The van der Waals surface area contributed by atoms with Gasteiger partial charge in [0.05, 0.1) is 0 Å². The summed E-state index contributed by atoms with van der Waals surface area (Å²) in [5, 5.41) is 0. The third-order valence-electron chi connectivity index (χ3n) is 3.67. The van der Waals surface area contributed by atoms with Gasteiger partial charge in [0.25, 0.3) is 0 Å². The van der Waals surface area contributed by atoms with Gasteiger partial charge >= 0.3 is 0 Å². The van der Waals surface area contributed by atoms with Crippen LogP contribution in [0.1, 0.15) is 32.1 Å². The largest absolute Gasteiger partial charge is 0.300 e. The van der Waals surface area contributed by atoms with Gasteiger partial charge in [-0.1, -0.05) is 0 Å². The molecule has 1 nitrogen and oxygen atoms in total. The zero-order chi connectivity index (χ0) is 6.77. The lowest BCUT2D eigenvalue weighted by atomic mass is 9.97. The van der Waals surface area contributed by atoms with Gasteiger partial charge < -0.3 is 0 Å². The summed E-state index contributed by atoms with van der Waals surface area (Å²) in [6.45, 7) is 0. The topological polar surface area (TPSA) is 17.1 Å². The molecule has 0 N–H and O–H groups in total. The minimum atomic E-state index is 0.545. The van der Waals surface area contributed by atoms with Crippen molar-refractivity contribution in [2.45, 2.75) is 32.1 Å². The van der Waals surface area contributed by atoms with Crippen LogP contribution in [-0.2, 0) is 4.79 Å². The van der Waals surface area contributed by atoms with Crippen LogP contribution >= 0.6 is 0 Å². The number of hydrogen-bond donors (Lipinski definition) is 0. The van der Waals surface area contributed by atoms with Crippen molar-refractivity contribution >= 4 is 5.78 Å². The SMILES string of the molecule is O=C1CC2CC2(C2CC2)C1. The average Bonchev–Trinajstić information content (AvgIpc) is 2.70. The van der Waals surface area contributed by atoms with E-state index >= 15 is 0 Å². The highest BCUT2D eigenvalue weighted by Crippen LogP contribution is 2.71. The van der Waals surface area contributed by atoms with E-state index in [4.69, 9.17) is 0 Å². The van der Waals surface area contributed by atoms with E-state index in [0.717, 1.165) is 24.7 Å². The lowest BCUT2D eigenvalue weighted by molar-refractivity contribution is -0.118. The normalized spacial score (nSPS) is 51.2. The number of carbonyl (C=O) groups is 1. The number of Topliss-reactive ketones (excluding diaryl/α,β-unsaturated/α-hetero) is 1. The Hall–Kier alpha value is -0.330. The number of fused-ring (bicyclic) bond motifs is 1. The van der Waals surface area contributed by atoms with Crippen molar-refractivity contribution in [1.82, 2.24) is 0 Å². The Morgan fingerprint density at radius 2 is 2.10 bits per heavy atom. The van der Waals surface area contributed by atoms with E-state index in [0.29, 0.717) is 11.2 Å². The molecule has 3 fully saturated rings. The molecule has 3 saturated carbocycles. The van der Waals surface area contributed by atoms with Crippen molar-refractivity contribution in [2.24, 2.45) is 17.3 Å². The number of hydrogen-bond acceptors (Lipinski definition) is 1. The molecule has 0 aromatic rings. The fraction of sp³-hybridized carbons (Fsp3) is 0.889. The molecular formula is C9H12O. The molecule has 10 heavy (non-hydrogen) atoms. The zero-order valence-corrected chi connectivity index (χ0v) is 6.10. The van der Waals surface area contributed by atoms with E-state index in [2.05, 4.69) is 0 Å². The first-order valence-corrected chi connectivity index (χ1v) is 4.33. The fourth-order valence-electron chi connectivity index (χ4n) is 2.91. The van der Waals surface area contributed by atoms with Gasteiger partial charge in [-0.3, -0.25) is 4.79 Å². The smallest absolute Gasteiger partial charge is 0.133 e. The molecule has 0 bridgehead atoms. The molecule has 0 radical (unpaired) electrons. The second-order valence-corrected chi connectivity index (χ2v) is 4.33. The standard InChI is InChI=1S/C9H12O/c10-8-3-7-4-9(7,5-8)6-1-2-6/h6-7H,1-5H2. The van der Waals surface area contributed by atoms with Crippen LogP contribution in [0, 0.1) is 17.3 Å². The summed E-state index contributed by atoms with van der Waals surface area (Å²) in [7, 11) is 0. The van der Waals surface area contributed by atoms with Crippen LogP contribution in [0.5, 0.6) is 0 Å². The van der Waals surface area contributed by atoms with Crippen molar-refractivity contribution in [1.29, 1.82) is 0 Å². The molecule has 0 aliphatic heterocycles. The fourth-order valence-corrected chi connectivity index (χ4v) is 2.91. The molecule has 0 heterocycles. The van der Waals surface area contributed by atoms with Crippen molar-refractivity contribution in [3.05, 3.63) is 0 Å². The Bertz CT molecular complexity index is 205. The Balaban J connectivity index is 1.88. The van der Waals surface area contributed by atoms with Crippen molar-refractivity contribution in [2.75, 3.05) is 0 Å². The first-order chi connectivity index (χ1) is 4.81. The summed E-state index contributed by atoms with van der Waals surface area (Å²) in [5.41, 5.74) is 0.594. The summed E-state index contributed by atoms with van der Waals surface area (Å²) in [4.78, 5) is 11.0. The molecule has 3 aliphatic carbocycles. The molecule has 54 valence electrons. The highest BCUT2D eigenvalue weighted by molar-refractivity contribution is 5.84. The Morgan fingerprint density at radius 3 is 2.60 bits per heavy atom. The third-order valence-corrected chi connectivity index (χ3v) is 3.67. The quantitative estimate of drug-likeness (QED) is 0.537. The first-order valence-electron chi connectivity index (χ1n) is 4.33. The maximum absolute atomic E-state index is 11.0. The highest BCUT2D eigenvalue weighted by Gasteiger charge is 2.65. The van der Waals surface area contributed by atoms with Gasteiger partial charge in [-0.2, -0.15) is 0 Å². The van der Waals surface area contributed by atoms with Crippen LogP contribution in [-0.4, -0.2) is 5.78 Å². The third kappa shape index (κ3) is 0.480. The van der Waals surface area contributed by atoms with Gasteiger partial charge in [-0.05, 0) is 36.5 Å². The summed E-state index contributed by atoms with van der Waals surface area (Å²) < 4.78 is 0. The lowest BCUT2D eigenvalue weighted by Crippen LogP contribution is -2.03. The summed E-state index contributed by atoms with van der Waals surface area (Å²) >= 11 is 0. The molecule has 0 saturated heterocycles. The Morgan fingerprint density at radius 1 is 1.30 bits per heavy atom. The minimum absolute atomic E-state index is 0.545. The van der Waals surface area contributed by atoms with Crippen LogP contribution in [0.25, 0.3) is 0 Å². The van der Waals surface area contributed by atoms with Crippen molar-refractivity contribution < 1.29 is 4.79 Å². The van der Waals surface area contributed by atoms with Gasteiger partial charge in [0.15, 0.2) is 0 Å². The maximum atomic E-state index is 11.0. The molecule has 2 atom stereocenters. The Kier molecular flexibility index (Phi) is 0.704. The predicted octanol–water partition coefficient (Wildman–Crippen LogP) is 1.77. The van der Waals surface area contributed by atoms with E-state index in [1.165, 1.54) is 19.3 Å². The van der Waals surface area contributed by atoms with Crippen LogP contribution in [0.2, 0.25) is 0 Å². The van der Waals surface area contributed by atoms with E-state index < -0.39 is 0 Å². The van der Waals surface area contributed by atoms with Crippen LogP contribution in [0.4, 0.5) is 0 Å². The van der Waals surface area contributed by atoms with Gasteiger partial charge in [0.2, 0.25) is 0 Å². The molecule has 0 spiro atoms. The molecule has 1 heteroatoms. The summed E-state index contributed by atoms with van der Waals surface area (Å²) in [6, 6.07) is 0. The van der Waals surface area contributed by atoms with E-state index in [-0.39, 0.29) is 0 Å². The zero-order valence-electron chi connectivity index (χ0n) is 6.10. The van der Waals surface area contributed by atoms with E-state index in [9.17, 15) is 4.79 Å². The second kappa shape index (κ2) is 1.32. The predicted molar refractivity (Wildman–Crippen MR) is 37.5 cm³/mol. The Labute approximate surface area is 60.8 Å². The average molecular weight is 136 g/mol. The van der Waals surface area contributed by atoms with E-state index in [1.807, 2.05) is 0 Å². The monoisotopic (exact) mass is 136 g/mol. The van der Waals surface area contributed by atoms with E-state index in [1.54, 1.807) is 0 Å². The molecular weight excluding hydrogens is 124 g/mol. The molecule has 0 aromatic carbocycles. The second-order valence-electron chi connectivity index (χ2n) is 4.33. The first kappa shape index (κ1) is 5.34. The number of rotatable bonds is 1. The van der Waals surface area contributed by atoms with Crippen LogP contribution < -0.4 is 0 Å². The summed E-state index contributed by atoms with van der Waals surface area (Å²) in [5.74, 6) is 2.36.